The zero-order chi connectivity index (χ0) is 26.4. The first-order chi connectivity index (χ1) is 18.4. The standard InChI is InChI=1S/C27H24F2N6O3/c1-3-37-27-30-12-17-10-21(16-4-9-22-23(11-16)34(15-31-22)19-13-33(2)14-19)25(36)35(24(17)32-27)18-5-7-20(8-6-18)38-26(28)29/h4-12,15,19,26H,3,13-14H2,1-2H3. The number of aromatic nitrogens is 5. The first kappa shape index (κ1) is 24.0. The van der Waals surface area contributed by atoms with Crippen molar-refractivity contribution in [2.75, 3.05) is 26.7 Å². The van der Waals surface area contributed by atoms with Crippen molar-refractivity contribution in [1.29, 1.82) is 0 Å². The molecule has 1 aliphatic heterocycles. The average molecular weight is 519 g/mol. The number of hydrogen-bond acceptors (Lipinski definition) is 7. The van der Waals surface area contributed by atoms with E-state index in [4.69, 9.17) is 4.74 Å². The van der Waals surface area contributed by atoms with Gasteiger partial charge in [-0.15, -0.1) is 0 Å². The Balaban J connectivity index is 1.53. The first-order valence-corrected chi connectivity index (χ1v) is 12.2. The molecule has 0 saturated carbocycles. The Morgan fingerprint density at radius 2 is 1.87 bits per heavy atom. The molecule has 0 N–H and O–H groups in total. The van der Waals surface area contributed by atoms with Crippen LogP contribution >= 0.6 is 0 Å². The molecule has 2 aromatic carbocycles. The van der Waals surface area contributed by atoms with Crippen LogP contribution in [0.3, 0.4) is 0 Å². The molecule has 9 nitrogen and oxygen atoms in total. The van der Waals surface area contributed by atoms with Crippen molar-refractivity contribution in [3.05, 3.63) is 71.4 Å². The Morgan fingerprint density at radius 1 is 1.08 bits per heavy atom. The van der Waals surface area contributed by atoms with Crippen molar-refractivity contribution in [1.82, 2.24) is 29.0 Å². The molecule has 11 heteroatoms. The van der Waals surface area contributed by atoms with Gasteiger partial charge in [-0.25, -0.2) is 9.97 Å². The van der Waals surface area contributed by atoms with Crippen LogP contribution in [0.25, 0.3) is 38.9 Å². The van der Waals surface area contributed by atoms with Gasteiger partial charge in [0.2, 0.25) is 0 Å². The summed E-state index contributed by atoms with van der Waals surface area (Å²) >= 11 is 0. The normalized spacial score (nSPS) is 14.3. The van der Waals surface area contributed by atoms with E-state index in [1.807, 2.05) is 31.5 Å². The van der Waals surface area contributed by atoms with Crippen LogP contribution in [0.2, 0.25) is 0 Å². The molecule has 0 unspecified atom stereocenters. The minimum absolute atomic E-state index is 0.0118. The van der Waals surface area contributed by atoms with E-state index in [1.165, 1.54) is 28.8 Å². The number of hydrogen-bond donors (Lipinski definition) is 0. The number of likely N-dealkylation sites (tertiary alicyclic amines) is 1. The molecule has 3 aromatic heterocycles. The number of ether oxygens (including phenoxy) is 2. The van der Waals surface area contributed by atoms with Gasteiger partial charge in [-0.05, 0) is 62.0 Å². The summed E-state index contributed by atoms with van der Waals surface area (Å²) in [5, 5.41) is 0.616. The topological polar surface area (TPSA) is 87.3 Å². The fourth-order valence-electron chi connectivity index (χ4n) is 4.83. The number of rotatable bonds is 7. The molecule has 1 aliphatic rings. The van der Waals surface area contributed by atoms with Crippen LogP contribution < -0.4 is 15.0 Å². The maximum Gasteiger partial charge on any atom is 0.387 e. The maximum absolute atomic E-state index is 14.0. The van der Waals surface area contributed by atoms with E-state index < -0.39 is 6.61 Å². The van der Waals surface area contributed by atoms with E-state index in [0.29, 0.717) is 34.9 Å². The molecule has 194 valence electrons. The lowest BCUT2D eigenvalue weighted by Crippen LogP contribution is -2.44. The van der Waals surface area contributed by atoms with Gasteiger partial charge in [-0.1, -0.05) is 6.07 Å². The molecule has 38 heavy (non-hydrogen) atoms. The Bertz CT molecular complexity index is 1690. The molecule has 1 fully saturated rings. The zero-order valence-corrected chi connectivity index (χ0v) is 20.7. The van der Waals surface area contributed by atoms with Crippen molar-refractivity contribution in [2.24, 2.45) is 0 Å². The van der Waals surface area contributed by atoms with Gasteiger partial charge in [0.25, 0.3) is 5.56 Å². The van der Waals surface area contributed by atoms with Crippen LogP contribution in [0, 0.1) is 0 Å². The molecule has 0 aliphatic carbocycles. The Hall–Kier alpha value is -4.38. The van der Waals surface area contributed by atoms with Crippen LogP contribution in [-0.4, -0.2) is 62.3 Å². The van der Waals surface area contributed by atoms with Gasteiger partial charge in [0, 0.05) is 30.2 Å². The molecular weight excluding hydrogens is 494 g/mol. The van der Waals surface area contributed by atoms with Crippen LogP contribution in [0.1, 0.15) is 13.0 Å². The summed E-state index contributed by atoms with van der Waals surface area (Å²) in [5.41, 5.74) is 3.41. The summed E-state index contributed by atoms with van der Waals surface area (Å²) in [5.74, 6) is -0.0118. The van der Waals surface area contributed by atoms with Gasteiger partial charge in [0.15, 0.2) is 5.65 Å². The molecule has 0 bridgehead atoms. The van der Waals surface area contributed by atoms with Gasteiger partial charge >= 0.3 is 12.6 Å². The molecule has 0 amide bonds. The van der Waals surface area contributed by atoms with Crippen molar-refractivity contribution < 1.29 is 18.3 Å². The number of imidazole rings is 1. The Labute approximate surface area is 215 Å². The highest BCUT2D eigenvalue weighted by atomic mass is 19.3. The smallest absolute Gasteiger partial charge is 0.387 e. The highest BCUT2D eigenvalue weighted by Crippen LogP contribution is 2.29. The zero-order valence-electron chi connectivity index (χ0n) is 20.7. The van der Waals surface area contributed by atoms with Gasteiger partial charge in [-0.3, -0.25) is 9.36 Å². The number of alkyl halides is 2. The second-order valence-electron chi connectivity index (χ2n) is 9.17. The third-order valence-corrected chi connectivity index (χ3v) is 6.64. The fraction of sp³-hybridized carbons (Fsp3) is 0.259. The van der Waals surface area contributed by atoms with Crippen LogP contribution in [0.15, 0.2) is 65.8 Å². The lowest BCUT2D eigenvalue weighted by atomic mass is 10.0. The number of benzene rings is 2. The fourth-order valence-corrected chi connectivity index (χ4v) is 4.83. The van der Waals surface area contributed by atoms with E-state index >= 15 is 0 Å². The van der Waals surface area contributed by atoms with E-state index in [2.05, 4.69) is 36.2 Å². The van der Waals surface area contributed by atoms with Gasteiger partial charge in [0.05, 0.1) is 35.7 Å². The highest BCUT2D eigenvalue weighted by Gasteiger charge is 2.26. The van der Waals surface area contributed by atoms with Crippen molar-refractivity contribution >= 4 is 22.1 Å². The SMILES string of the molecule is CCOc1ncc2cc(-c3ccc4ncn(C5CN(C)C5)c4c3)c(=O)n(-c3ccc(OC(F)F)cc3)c2n1. The molecule has 0 spiro atoms. The van der Waals surface area contributed by atoms with Crippen LogP contribution in [-0.2, 0) is 0 Å². The van der Waals surface area contributed by atoms with Gasteiger partial charge in [-0.2, -0.15) is 13.8 Å². The molecule has 0 radical (unpaired) electrons. The summed E-state index contributed by atoms with van der Waals surface area (Å²) in [6.07, 6.45) is 3.45. The summed E-state index contributed by atoms with van der Waals surface area (Å²) < 4.78 is 38.9. The highest BCUT2D eigenvalue weighted by molar-refractivity contribution is 5.86. The van der Waals surface area contributed by atoms with E-state index in [1.54, 1.807) is 12.3 Å². The third-order valence-electron chi connectivity index (χ3n) is 6.64. The molecule has 4 heterocycles. The molecule has 6 rings (SSSR count). The van der Waals surface area contributed by atoms with E-state index in [9.17, 15) is 13.6 Å². The minimum atomic E-state index is -2.95. The van der Waals surface area contributed by atoms with Crippen molar-refractivity contribution in [3.8, 4) is 28.6 Å². The number of fused-ring (bicyclic) bond motifs is 2. The maximum atomic E-state index is 14.0. The second kappa shape index (κ2) is 9.49. The summed E-state index contributed by atoms with van der Waals surface area (Å²) in [6.45, 7) is 1.09. The summed E-state index contributed by atoms with van der Waals surface area (Å²) in [4.78, 5) is 29.5. The minimum Gasteiger partial charge on any atom is -0.464 e. The number of halogens is 2. The third kappa shape index (κ3) is 4.24. The summed E-state index contributed by atoms with van der Waals surface area (Å²) in [6, 6.07) is 13.8. The molecular formula is C27H24F2N6O3. The Kier molecular flexibility index (Phi) is 5.99. The van der Waals surface area contributed by atoms with Crippen LogP contribution in [0.4, 0.5) is 8.78 Å². The predicted octanol–water partition coefficient (Wildman–Crippen LogP) is 4.28. The summed E-state index contributed by atoms with van der Waals surface area (Å²) in [7, 11) is 2.07. The van der Waals surface area contributed by atoms with E-state index in [-0.39, 0.29) is 17.3 Å². The number of nitrogens with zero attached hydrogens (tertiary/aromatic N) is 6. The quantitative estimate of drug-likeness (QED) is 0.318. The first-order valence-electron chi connectivity index (χ1n) is 12.2. The molecule has 0 atom stereocenters. The van der Waals surface area contributed by atoms with Crippen LogP contribution in [0.5, 0.6) is 11.8 Å². The second-order valence-corrected chi connectivity index (χ2v) is 9.17. The number of likely N-dealkylation sites (N-methyl/N-ethyl adjacent to an activating group) is 1. The lowest BCUT2D eigenvalue weighted by Gasteiger charge is -2.37. The Morgan fingerprint density at radius 3 is 2.58 bits per heavy atom. The lowest BCUT2D eigenvalue weighted by molar-refractivity contribution is -0.0498. The van der Waals surface area contributed by atoms with Crippen molar-refractivity contribution in [2.45, 2.75) is 19.6 Å². The van der Waals surface area contributed by atoms with E-state index in [0.717, 1.165) is 29.7 Å². The van der Waals surface area contributed by atoms with Gasteiger partial charge in [0.1, 0.15) is 5.75 Å². The molecule has 1 saturated heterocycles. The average Bonchev–Trinajstić information content (AvgIpc) is 3.30. The monoisotopic (exact) mass is 518 g/mol. The van der Waals surface area contributed by atoms with Crippen molar-refractivity contribution in [3.63, 3.8) is 0 Å². The predicted molar refractivity (Wildman–Crippen MR) is 138 cm³/mol. The number of pyridine rings is 1. The molecule has 5 aromatic rings. The largest absolute Gasteiger partial charge is 0.464 e. The van der Waals surface area contributed by atoms with Gasteiger partial charge < -0.3 is 18.9 Å².